The lowest BCUT2D eigenvalue weighted by Crippen LogP contribution is -2.28. The molecule has 1 aromatic rings. The normalized spacial score (nSPS) is 13.4. The van der Waals surface area contributed by atoms with Crippen molar-refractivity contribution in [1.82, 2.24) is 20.7 Å². The molecule has 0 aliphatic rings. The molecule has 0 aromatic carbocycles. The predicted molar refractivity (Wildman–Crippen MR) is 116 cm³/mol. The summed E-state index contributed by atoms with van der Waals surface area (Å²) in [6.45, 7) is 10.2. The van der Waals surface area contributed by atoms with Crippen molar-refractivity contribution in [1.29, 1.82) is 0 Å². The molecule has 0 aliphatic carbocycles. The van der Waals surface area contributed by atoms with E-state index in [0.717, 1.165) is 42.9 Å². The Balaban J connectivity index is 2.31. The maximum atomic E-state index is 11.4. The Morgan fingerprint density at radius 1 is 1.11 bits per heavy atom. The topological polar surface area (TPSA) is 70.7 Å². The van der Waals surface area contributed by atoms with E-state index in [1.54, 1.807) is 18.0 Å². The van der Waals surface area contributed by atoms with Crippen molar-refractivity contribution in [3.63, 3.8) is 0 Å². The van der Waals surface area contributed by atoms with Crippen LogP contribution in [0.2, 0.25) is 0 Å². The minimum Gasteiger partial charge on any atom is -0.347 e. The highest BCUT2D eigenvalue weighted by Gasteiger charge is 2.15. The van der Waals surface area contributed by atoms with Gasteiger partial charge in [0, 0.05) is 18.4 Å². The van der Waals surface area contributed by atoms with Gasteiger partial charge in [0.2, 0.25) is 5.91 Å². The second kappa shape index (κ2) is 13.4. The maximum absolute atomic E-state index is 11.4. The molecule has 0 saturated heterocycles. The highest BCUT2D eigenvalue weighted by Crippen LogP contribution is 2.17. The van der Waals surface area contributed by atoms with E-state index in [0.29, 0.717) is 0 Å². The average Bonchev–Trinajstić information content (AvgIpc) is 3.11. The Morgan fingerprint density at radius 2 is 1.78 bits per heavy atom. The van der Waals surface area contributed by atoms with Gasteiger partial charge in [-0.25, -0.2) is 0 Å². The predicted octanol–water partition coefficient (Wildman–Crippen LogP) is 5.13. The number of aromatic amines is 1. The standard InChI is InChI=1S/C21H34N4OS/c1-16(2)8-6-9-17(3)10-7-11-18(4)12-13-27-15-21(23-19(5)26)20-14-22-25-24-20/h8,10,12,14,21H,6-7,9,11,13,15H2,1-5H3,(H,23,26)(H,22,24,25). The number of hydrogen-bond donors (Lipinski definition) is 2. The average molecular weight is 391 g/mol. The van der Waals surface area contributed by atoms with Crippen LogP contribution in [0.4, 0.5) is 0 Å². The van der Waals surface area contributed by atoms with Gasteiger partial charge in [0.1, 0.15) is 5.69 Å². The molecule has 1 atom stereocenters. The lowest BCUT2D eigenvalue weighted by Gasteiger charge is -2.14. The molecule has 1 unspecified atom stereocenters. The summed E-state index contributed by atoms with van der Waals surface area (Å²) in [6.07, 6.45) is 13.1. The number of nitrogens with zero attached hydrogens (tertiary/aromatic N) is 2. The largest absolute Gasteiger partial charge is 0.347 e. The van der Waals surface area contributed by atoms with Crippen LogP contribution in [-0.4, -0.2) is 32.8 Å². The van der Waals surface area contributed by atoms with Gasteiger partial charge >= 0.3 is 0 Å². The van der Waals surface area contributed by atoms with Crippen molar-refractivity contribution < 1.29 is 4.79 Å². The third kappa shape index (κ3) is 11.5. The number of amides is 1. The van der Waals surface area contributed by atoms with Gasteiger partial charge in [-0.15, -0.1) is 0 Å². The zero-order valence-corrected chi connectivity index (χ0v) is 18.2. The summed E-state index contributed by atoms with van der Waals surface area (Å²) in [5.74, 6) is 1.66. The van der Waals surface area contributed by atoms with E-state index in [1.165, 1.54) is 23.6 Å². The fourth-order valence-electron chi connectivity index (χ4n) is 2.55. The molecule has 0 spiro atoms. The molecular weight excluding hydrogens is 356 g/mol. The van der Waals surface area contributed by atoms with E-state index in [1.807, 2.05) is 0 Å². The number of nitrogens with one attached hydrogen (secondary N) is 2. The Kier molecular flexibility index (Phi) is 11.5. The van der Waals surface area contributed by atoms with Crippen molar-refractivity contribution in [2.75, 3.05) is 11.5 Å². The fraction of sp³-hybridized carbons (Fsp3) is 0.571. The van der Waals surface area contributed by atoms with Crippen LogP contribution >= 0.6 is 11.8 Å². The van der Waals surface area contributed by atoms with E-state index >= 15 is 0 Å². The Bertz CT molecular complexity index is 643. The first-order valence-corrected chi connectivity index (χ1v) is 10.7. The maximum Gasteiger partial charge on any atom is 0.217 e. The van der Waals surface area contributed by atoms with Gasteiger partial charge in [0.05, 0.1) is 12.2 Å². The highest BCUT2D eigenvalue weighted by molar-refractivity contribution is 7.99. The molecule has 6 heteroatoms. The summed E-state index contributed by atoms with van der Waals surface area (Å²) in [5.41, 5.74) is 5.05. The van der Waals surface area contributed by atoms with Crippen molar-refractivity contribution >= 4 is 17.7 Å². The molecule has 1 heterocycles. The van der Waals surface area contributed by atoms with Crippen LogP contribution < -0.4 is 5.32 Å². The first kappa shape index (κ1) is 23.2. The molecule has 0 fully saturated rings. The number of carbonyl (C=O) groups is 1. The van der Waals surface area contributed by atoms with Gasteiger partial charge < -0.3 is 5.32 Å². The van der Waals surface area contributed by atoms with E-state index in [-0.39, 0.29) is 11.9 Å². The van der Waals surface area contributed by atoms with Gasteiger partial charge in [-0.05, 0) is 53.4 Å². The van der Waals surface area contributed by atoms with Crippen LogP contribution in [0.3, 0.4) is 0 Å². The second-order valence-corrected chi connectivity index (χ2v) is 8.22. The number of rotatable bonds is 12. The number of allylic oxidation sites excluding steroid dienone is 5. The monoisotopic (exact) mass is 390 g/mol. The molecular formula is C21H34N4OS. The lowest BCUT2D eigenvalue weighted by atomic mass is 10.1. The van der Waals surface area contributed by atoms with E-state index < -0.39 is 0 Å². The van der Waals surface area contributed by atoms with Crippen LogP contribution in [0.25, 0.3) is 0 Å². The highest BCUT2D eigenvalue weighted by atomic mass is 32.2. The van der Waals surface area contributed by atoms with Crippen molar-refractivity contribution in [3.05, 3.63) is 46.8 Å². The molecule has 27 heavy (non-hydrogen) atoms. The Morgan fingerprint density at radius 3 is 2.37 bits per heavy atom. The molecule has 0 aliphatic heterocycles. The third-order valence-corrected chi connectivity index (χ3v) is 5.10. The van der Waals surface area contributed by atoms with E-state index in [2.05, 4.69) is 66.7 Å². The van der Waals surface area contributed by atoms with Gasteiger partial charge in [-0.2, -0.15) is 27.2 Å². The summed E-state index contributed by atoms with van der Waals surface area (Å²) in [7, 11) is 0. The summed E-state index contributed by atoms with van der Waals surface area (Å²) in [4.78, 5) is 11.4. The zero-order chi connectivity index (χ0) is 20.1. The second-order valence-electron chi connectivity index (χ2n) is 7.15. The molecule has 1 aromatic heterocycles. The molecule has 2 N–H and O–H groups in total. The summed E-state index contributed by atoms with van der Waals surface area (Å²) < 4.78 is 0. The number of hydrogen-bond acceptors (Lipinski definition) is 4. The smallest absolute Gasteiger partial charge is 0.217 e. The SMILES string of the molecule is CC(=O)NC(CSCC=C(C)CCC=C(C)CCC=C(C)C)c1cn[nH]n1. The van der Waals surface area contributed by atoms with Gasteiger partial charge in [-0.3, -0.25) is 4.79 Å². The van der Waals surface area contributed by atoms with Crippen LogP contribution in [-0.2, 0) is 4.79 Å². The van der Waals surface area contributed by atoms with Crippen LogP contribution in [0.15, 0.2) is 41.1 Å². The first-order valence-electron chi connectivity index (χ1n) is 9.53. The minimum absolute atomic E-state index is 0.0536. The van der Waals surface area contributed by atoms with E-state index in [4.69, 9.17) is 0 Å². The van der Waals surface area contributed by atoms with Crippen molar-refractivity contribution in [3.8, 4) is 0 Å². The van der Waals surface area contributed by atoms with Crippen molar-refractivity contribution in [2.45, 2.75) is 66.3 Å². The zero-order valence-electron chi connectivity index (χ0n) is 17.3. The summed E-state index contributed by atoms with van der Waals surface area (Å²) in [5, 5.41) is 13.4. The molecule has 1 rings (SSSR count). The van der Waals surface area contributed by atoms with Gasteiger partial charge in [0.25, 0.3) is 0 Å². The van der Waals surface area contributed by atoms with Crippen LogP contribution in [0, 0.1) is 0 Å². The lowest BCUT2D eigenvalue weighted by molar-refractivity contribution is -0.119. The number of thioether (sulfide) groups is 1. The van der Waals surface area contributed by atoms with Gasteiger partial charge in [-0.1, -0.05) is 34.9 Å². The summed E-state index contributed by atoms with van der Waals surface area (Å²) >= 11 is 1.79. The Labute approximate surface area is 168 Å². The number of aromatic nitrogens is 3. The molecule has 0 saturated carbocycles. The molecule has 5 nitrogen and oxygen atoms in total. The molecule has 0 radical (unpaired) electrons. The minimum atomic E-state index is -0.105. The summed E-state index contributed by atoms with van der Waals surface area (Å²) in [6, 6.07) is -0.105. The van der Waals surface area contributed by atoms with Crippen molar-refractivity contribution in [2.24, 2.45) is 0 Å². The number of carbonyl (C=O) groups excluding carboxylic acids is 1. The molecule has 0 bridgehead atoms. The number of H-pyrrole nitrogens is 1. The van der Waals surface area contributed by atoms with Crippen LogP contribution in [0.5, 0.6) is 0 Å². The van der Waals surface area contributed by atoms with Gasteiger partial charge in [0.15, 0.2) is 0 Å². The van der Waals surface area contributed by atoms with E-state index in [9.17, 15) is 4.79 Å². The third-order valence-electron chi connectivity index (χ3n) is 4.13. The first-order chi connectivity index (χ1) is 12.9. The molecule has 1 amide bonds. The quantitative estimate of drug-likeness (QED) is 0.383. The van der Waals surface area contributed by atoms with Crippen LogP contribution in [0.1, 0.15) is 72.0 Å². The Hall–Kier alpha value is -1.82. The molecule has 150 valence electrons. The fourth-order valence-corrected chi connectivity index (χ4v) is 3.58.